The fourth-order valence-electron chi connectivity index (χ4n) is 1.36. The predicted molar refractivity (Wildman–Crippen MR) is 68.5 cm³/mol. The lowest BCUT2D eigenvalue weighted by atomic mass is 10.1. The van der Waals surface area contributed by atoms with Crippen molar-refractivity contribution < 1.29 is 14.7 Å². The monoisotopic (exact) mass is 265 g/mol. The highest BCUT2D eigenvalue weighted by molar-refractivity contribution is 6.33. The van der Waals surface area contributed by atoms with E-state index in [2.05, 4.69) is 11.2 Å². The summed E-state index contributed by atoms with van der Waals surface area (Å²) in [6.07, 6.45) is 4.96. The molecule has 1 unspecified atom stereocenters. The van der Waals surface area contributed by atoms with Crippen LogP contribution in [-0.4, -0.2) is 23.0 Å². The second kappa shape index (κ2) is 6.08. The fourth-order valence-corrected chi connectivity index (χ4v) is 1.68. The minimum atomic E-state index is -1.18. The van der Waals surface area contributed by atoms with Gasteiger partial charge in [0.25, 0.3) is 5.91 Å². The van der Waals surface area contributed by atoms with Gasteiger partial charge >= 0.3 is 5.97 Å². The van der Waals surface area contributed by atoms with Gasteiger partial charge < -0.3 is 10.4 Å². The normalized spacial score (nSPS) is 11.4. The molecule has 4 nitrogen and oxygen atoms in total. The summed E-state index contributed by atoms with van der Waals surface area (Å²) in [5.74, 6) is 0.472. The van der Waals surface area contributed by atoms with Crippen molar-refractivity contribution in [2.75, 3.05) is 0 Å². The number of carboxylic acid groups (broad SMARTS) is 1. The molecular formula is C13H12ClNO3. The maximum absolute atomic E-state index is 11.8. The number of carboxylic acids is 1. The third-order valence-electron chi connectivity index (χ3n) is 2.29. The standard InChI is InChI=1S/C13H12ClNO3/c1-3-4-11(13(17)18)15-12(16)9-6-5-8(2)7-10(9)14/h1,5-7,11H,4H2,2H3,(H,15,16)(H,17,18). The Morgan fingerprint density at radius 1 is 1.56 bits per heavy atom. The average molecular weight is 266 g/mol. The number of hydrogen-bond acceptors (Lipinski definition) is 2. The molecule has 0 fully saturated rings. The van der Waals surface area contributed by atoms with Crippen LogP contribution in [0.15, 0.2) is 18.2 Å². The smallest absolute Gasteiger partial charge is 0.327 e. The van der Waals surface area contributed by atoms with Crippen molar-refractivity contribution in [2.24, 2.45) is 0 Å². The van der Waals surface area contributed by atoms with E-state index in [-0.39, 0.29) is 17.0 Å². The Balaban J connectivity index is 2.87. The van der Waals surface area contributed by atoms with Gasteiger partial charge in [0.05, 0.1) is 10.6 Å². The molecule has 0 bridgehead atoms. The van der Waals surface area contributed by atoms with Crippen LogP contribution in [0.2, 0.25) is 5.02 Å². The van der Waals surface area contributed by atoms with Crippen molar-refractivity contribution in [3.63, 3.8) is 0 Å². The highest BCUT2D eigenvalue weighted by Gasteiger charge is 2.20. The zero-order valence-electron chi connectivity index (χ0n) is 9.74. The molecule has 1 atom stereocenters. The molecule has 0 aliphatic heterocycles. The van der Waals surface area contributed by atoms with E-state index in [1.165, 1.54) is 0 Å². The van der Waals surface area contributed by atoms with Gasteiger partial charge in [-0.25, -0.2) is 4.79 Å². The number of hydrogen-bond donors (Lipinski definition) is 2. The van der Waals surface area contributed by atoms with E-state index >= 15 is 0 Å². The Morgan fingerprint density at radius 3 is 2.72 bits per heavy atom. The van der Waals surface area contributed by atoms with Crippen molar-refractivity contribution in [1.29, 1.82) is 0 Å². The minimum absolute atomic E-state index is 0.0788. The van der Waals surface area contributed by atoms with Crippen LogP contribution < -0.4 is 5.32 Å². The first-order valence-corrected chi connectivity index (χ1v) is 5.56. The van der Waals surface area contributed by atoms with Gasteiger partial charge in [-0.1, -0.05) is 17.7 Å². The summed E-state index contributed by atoms with van der Waals surface area (Å²) >= 11 is 5.92. The van der Waals surface area contributed by atoms with E-state index in [4.69, 9.17) is 23.1 Å². The summed E-state index contributed by atoms with van der Waals surface area (Å²) in [5.41, 5.74) is 1.14. The lowest BCUT2D eigenvalue weighted by molar-refractivity contribution is -0.139. The number of aryl methyl sites for hydroxylation is 1. The van der Waals surface area contributed by atoms with Crippen molar-refractivity contribution in [2.45, 2.75) is 19.4 Å². The van der Waals surface area contributed by atoms with Gasteiger partial charge in [-0.15, -0.1) is 12.3 Å². The molecule has 1 aromatic rings. The Labute approximate surface area is 110 Å². The summed E-state index contributed by atoms with van der Waals surface area (Å²) in [4.78, 5) is 22.7. The topological polar surface area (TPSA) is 66.4 Å². The van der Waals surface area contributed by atoms with Crippen LogP contribution in [0.5, 0.6) is 0 Å². The van der Waals surface area contributed by atoms with E-state index in [0.29, 0.717) is 0 Å². The molecule has 0 radical (unpaired) electrons. The van der Waals surface area contributed by atoms with Crippen LogP contribution in [0.3, 0.4) is 0 Å². The Hall–Kier alpha value is -1.99. The summed E-state index contributed by atoms with van der Waals surface area (Å²) in [6.45, 7) is 1.84. The Bertz CT molecular complexity index is 519. The van der Waals surface area contributed by atoms with Crippen molar-refractivity contribution >= 4 is 23.5 Å². The molecule has 1 rings (SSSR count). The third-order valence-corrected chi connectivity index (χ3v) is 2.61. The number of carbonyl (C=O) groups is 2. The second-order valence-electron chi connectivity index (χ2n) is 3.76. The number of benzene rings is 1. The van der Waals surface area contributed by atoms with Gasteiger partial charge in [-0.05, 0) is 24.6 Å². The summed E-state index contributed by atoms with van der Waals surface area (Å²) < 4.78 is 0. The quantitative estimate of drug-likeness (QED) is 0.817. The first-order chi connectivity index (χ1) is 8.45. The Morgan fingerprint density at radius 2 is 2.22 bits per heavy atom. The average Bonchev–Trinajstić information content (AvgIpc) is 2.27. The number of aliphatic carboxylic acids is 1. The molecule has 5 heteroatoms. The van der Waals surface area contributed by atoms with Crippen LogP contribution in [-0.2, 0) is 4.79 Å². The minimum Gasteiger partial charge on any atom is -0.480 e. The first-order valence-electron chi connectivity index (χ1n) is 5.19. The van der Waals surface area contributed by atoms with Gasteiger partial charge in [0.2, 0.25) is 0 Å². The van der Waals surface area contributed by atoms with Crippen LogP contribution in [0.4, 0.5) is 0 Å². The maximum atomic E-state index is 11.8. The molecule has 0 saturated carbocycles. The van der Waals surface area contributed by atoms with Gasteiger partial charge in [0, 0.05) is 6.42 Å². The van der Waals surface area contributed by atoms with Crippen molar-refractivity contribution in [1.82, 2.24) is 5.32 Å². The molecule has 2 N–H and O–H groups in total. The van der Waals surface area contributed by atoms with Crippen molar-refractivity contribution in [3.05, 3.63) is 34.3 Å². The molecule has 94 valence electrons. The molecule has 1 amide bonds. The van der Waals surface area contributed by atoms with Gasteiger partial charge in [0.15, 0.2) is 0 Å². The molecule has 0 saturated heterocycles. The molecule has 0 spiro atoms. The Kier molecular flexibility index (Phi) is 4.75. The summed E-state index contributed by atoms with van der Waals surface area (Å²) in [7, 11) is 0. The second-order valence-corrected chi connectivity index (χ2v) is 4.16. The predicted octanol–water partition coefficient (Wildman–Crippen LogP) is 1.85. The van der Waals surface area contributed by atoms with E-state index in [1.54, 1.807) is 18.2 Å². The van der Waals surface area contributed by atoms with Crippen LogP contribution in [0.25, 0.3) is 0 Å². The highest BCUT2D eigenvalue weighted by Crippen LogP contribution is 2.17. The van der Waals surface area contributed by atoms with E-state index < -0.39 is 17.9 Å². The van der Waals surface area contributed by atoms with Gasteiger partial charge in [-0.2, -0.15) is 0 Å². The molecule has 1 aromatic carbocycles. The first kappa shape index (κ1) is 14.1. The third kappa shape index (κ3) is 3.51. The molecule has 0 aromatic heterocycles. The summed E-state index contributed by atoms with van der Waals surface area (Å²) in [5, 5.41) is 11.5. The lowest BCUT2D eigenvalue weighted by Crippen LogP contribution is -2.40. The van der Waals surface area contributed by atoms with Crippen LogP contribution in [0.1, 0.15) is 22.3 Å². The van der Waals surface area contributed by atoms with E-state index in [0.717, 1.165) is 5.56 Å². The molecular weight excluding hydrogens is 254 g/mol. The number of halogens is 1. The zero-order valence-corrected chi connectivity index (χ0v) is 10.5. The van der Waals surface area contributed by atoms with Gasteiger partial charge in [0.1, 0.15) is 6.04 Å². The fraction of sp³-hybridized carbons (Fsp3) is 0.231. The molecule has 0 aliphatic carbocycles. The zero-order chi connectivity index (χ0) is 13.7. The SMILES string of the molecule is C#CCC(NC(=O)c1ccc(C)cc1Cl)C(=O)O. The summed E-state index contributed by atoms with van der Waals surface area (Å²) in [6, 6.07) is 3.78. The molecule has 0 heterocycles. The lowest BCUT2D eigenvalue weighted by Gasteiger charge is -2.12. The highest BCUT2D eigenvalue weighted by atomic mass is 35.5. The maximum Gasteiger partial charge on any atom is 0.327 e. The largest absolute Gasteiger partial charge is 0.480 e. The number of terminal acetylenes is 1. The van der Waals surface area contributed by atoms with Crippen LogP contribution in [0, 0.1) is 19.3 Å². The number of nitrogens with one attached hydrogen (secondary N) is 1. The van der Waals surface area contributed by atoms with Crippen LogP contribution >= 0.6 is 11.6 Å². The number of rotatable bonds is 4. The van der Waals surface area contributed by atoms with Gasteiger partial charge in [-0.3, -0.25) is 4.79 Å². The molecule has 0 aliphatic rings. The number of amides is 1. The van der Waals surface area contributed by atoms with E-state index in [1.807, 2.05) is 6.92 Å². The van der Waals surface area contributed by atoms with E-state index in [9.17, 15) is 9.59 Å². The molecule has 18 heavy (non-hydrogen) atoms. The van der Waals surface area contributed by atoms with Crippen molar-refractivity contribution in [3.8, 4) is 12.3 Å². The number of carbonyl (C=O) groups excluding carboxylic acids is 1.